The van der Waals surface area contributed by atoms with Gasteiger partial charge in [-0.2, -0.15) is 0 Å². The second-order valence-corrected chi connectivity index (χ2v) is 4.08. The van der Waals surface area contributed by atoms with Crippen molar-refractivity contribution in [3.63, 3.8) is 0 Å². The highest BCUT2D eigenvalue weighted by Crippen LogP contribution is 2.16. The van der Waals surface area contributed by atoms with Crippen LogP contribution in [0.3, 0.4) is 0 Å². The molecule has 1 N–H and O–H groups in total. The number of aliphatic carboxylic acids is 1. The molecule has 0 aliphatic carbocycles. The number of carboxylic acid groups (broad SMARTS) is 1. The van der Waals surface area contributed by atoms with Crippen molar-refractivity contribution in [3.8, 4) is 0 Å². The maximum atomic E-state index is 13.0. The molecular weight excluding hydrogens is 221 g/mol. The molecule has 1 atom stereocenters. The fraction of sp³-hybridized carbons (Fsp3) is 0.231. The fourth-order valence-corrected chi connectivity index (χ4v) is 1.65. The Morgan fingerprint density at radius 1 is 1.41 bits per heavy atom. The van der Waals surface area contributed by atoms with Gasteiger partial charge in [-0.25, -0.2) is 4.39 Å². The molecule has 1 unspecified atom stereocenters. The van der Waals surface area contributed by atoms with Crippen LogP contribution in [0.1, 0.15) is 12.6 Å². The van der Waals surface area contributed by atoms with Crippen LogP contribution in [0.15, 0.2) is 30.3 Å². The third kappa shape index (κ3) is 2.58. The van der Waals surface area contributed by atoms with E-state index in [0.717, 1.165) is 5.39 Å². The summed E-state index contributed by atoms with van der Waals surface area (Å²) in [5, 5.41) is 9.66. The number of aromatic nitrogens is 1. The first-order valence-electron chi connectivity index (χ1n) is 5.34. The molecule has 0 aliphatic rings. The number of rotatable bonds is 3. The van der Waals surface area contributed by atoms with Gasteiger partial charge in [0.2, 0.25) is 0 Å². The highest BCUT2D eigenvalue weighted by Gasteiger charge is 2.12. The van der Waals surface area contributed by atoms with Crippen molar-refractivity contribution in [2.75, 3.05) is 0 Å². The van der Waals surface area contributed by atoms with Crippen LogP contribution in [-0.2, 0) is 11.2 Å². The van der Waals surface area contributed by atoms with Crippen LogP contribution >= 0.6 is 0 Å². The molecule has 4 heteroatoms. The summed E-state index contributed by atoms with van der Waals surface area (Å²) in [6, 6.07) is 7.99. The van der Waals surface area contributed by atoms with Crippen LogP contribution in [0, 0.1) is 11.7 Å². The van der Waals surface area contributed by atoms with E-state index < -0.39 is 11.9 Å². The first-order chi connectivity index (χ1) is 8.06. The van der Waals surface area contributed by atoms with Gasteiger partial charge < -0.3 is 5.11 Å². The fourth-order valence-electron chi connectivity index (χ4n) is 1.65. The van der Waals surface area contributed by atoms with Crippen molar-refractivity contribution in [2.45, 2.75) is 13.3 Å². The average molecular weight is 233 g/mol. The average Bonchev–Trinajstić information content (AvgIpc) is 2.28. The van der Waals surface area contributed by atoms with Crippen LogP contribution in [0.2, 0.25) is 0 Å². The molecule has 0 spiro atoms. The molecule has 1 aromatic carbocycles. The lowest BCUT2D eigenvalue weighted by Crippen LogP contribution is -2.13. The van der Waals surface area contributed by atoms with E-state index in [9.17, 15) is 9.18 Å². The summed E-state index contributed by atoms with van der Waals surface area (Å²) < 4.78 is 13.0. The van der Waals surface area contributed by atoms with E-state index in [1.165, 1.54) is 12.1 Å². The first kappa shape index (κ1) is 11.5. The Morgan fingerprint density at radius 3 is 2.82 bits per heavy atom. The van der Waals surface area contributed by atoms with Crippen molar-refractivity contribution in [2.24, 2.45) is 5.92 Å². The third-order valence-corrected chi connectivity index (χ3v) is 2.65. The van der Waals surface area contributed by atoms with Gasteiger partial charge >= 0.3 is 5.97 Å². The summed E-state index contributed by atoms with van der Waals surface area (Å²) in [6.07, 6.45) is 0.349. The Hall–Kier alpha value is -1.97. The van der Waals surface area contributed by atoms with Crippen molar-refractivity contribution < 1.29 is 14.3 Å². The van der Waals surface area contributed by atoms with Gasteiger partial charge in [0.1, 0.15) is 5.82 Å². The number of nitrogens with zero attached hydrogens (tertiary/aromatic N) is 1. The largest absolute Gasteiger partial charge is 0.481 e. The van der Waals surface area contributed by atoms with Gasteiger partial charge in [-0.3, -0.25) is 9.78 Å². The molecule has 1 aromatic heterocycles. The Kier molecular flexibility index (Phi) is 3.04. The number of benzene rings is 1. The highest BCUT2D eigenvalue weighted by molar-refractivity contribution is 5.78. The SMILES string of the molecule is CC(Cc1ccc2ccc(F)cc2n1)C(=O)O. The van der Waals surface area contributed by atoms with E-state index in [-0.39, 0.29) is 5.82 Å². The molecule has 1 heterocycles. The van der Waals surface area contributed by atoms with E-state index in [2.05, 4.69) is 4.98 Å². The minimum atomic E-state index is -0.855. The Morgan fingerprint density at radius 2 is 2.12 bits per heavy atom. The lowest BCUT2D eigenvalue weighted by Gasteiger charge is -2.06. The Bertz CT molecular complexity index is 568. The Balaban J connectivity index is 2.33. The highest BCUT2D eigenvalue weighted by atomic mass is 19.1. The van der Waals surface area contributed by atoms with Gasteiger partial charge in [0.15, 0.2) is 0 Å². The molecule has 0 bridgehead atoms. The van der Waals surface area contributed by atoms with E-state index in [1.54, 1.807) is 19.1 Å². The van der Waals surface area contributed by atoms with Crippen molar-refractivity contribution in [1.29, 1.82) is 0 Å². The number of carbonyl (C=O) groups is 1. The lowest BCUT2D eigenvalue weighted by molar-refractivity contribution is -0.141. The number of halogens is 1. The monoisotopic (exact) mass is 233 g/mol. The summed E-state index contributed by atoms with van der Waals surface area (Å²) in [7, 11) is 0. The van der Waals surface area contributed by atoms with E-state index in [1.807, 2.05) is 6.07 Å². The molecule has 0 amide bonds. The quantitative estimate of drug-likeness (QED) is 0.886. The minimum absolute atomic E-state index is 0.339. The second kappa shape index (κ2) is 4.49. The summed E-state index contributed by atoms with van der Waals surface area (Å²) in [5.74, 6) is -1.69. The van der Waals surface area contributed by atoms with E-state index >= 15 is 0 Å². The predicted octanol–water partition coefficient (Wildman–Crippen LogP) is 2.64. The predicted molar refractivity (Wildman–Crippen MR) is 62.2 cm³/mol. The zero-order chi connectivity index (χ0) is 12.4. The first-order valence-corrected chi connectivity index (χ1v) is 5.34. The molecule has 2 aromatic rings. The van der Waals surface area contributed by atoms with Gasteiger partial charge in [0, 0.05) is 23.6 Å². The standard InChI is InChI=1S/C13H12FNO2/c1-8(13(16)17)6-11-5-3-9-2-4-10(14)7-12(9)15-11/h2-5,7-8H,6H2,1H3,(H,16,17). The number of fused-ring (bicyclic) bond motifs is 1. The summed E-state index contributed by atoms with van der Waals surface area (Å²) in [6.45, 7) is 1.62. The second-order valence-electron chi connectivity index (χ2n) is 4.08. The summed E-state index contributed by atoms with van der Waals surface area (Å²) >= 11 is 0. The molecule has 17 heavy (non-hydrogen) atoms. The van der Waals surface area contributed by atoms with Gasteiger partial charge in [0.25, 0.3) is 0 Å². The minimum Gasteiger partial charge on any atom is -0.481 e. The van der Waals surface area contributed by atoms with Crippen LogP contribution < -0.4 is 0 Å². The van der Waals surface area contributed by atoms with E-state index in [0.29, 0.717) is 17.6 Å². The molecule has 0 aliphatic heterocycles. The van der Waals surface area contributed by atoms with Crippen molar-refractivity contribution in [3.05, 3.63) is 41.8 Å². The normalized spacial score (nSPS) is 12.6. The van der Waals surface area contributed by atoms with Gasteiger partial charge in [-0.05, 0) is 18.2 Å². The molecule has 2 rings (SSSR count). The van der Waals surface area contributed by atoms with Gasteiger partial charge in [-0.1, -0.05) is 13.0 Å². The zero-order valence-electron chi connectivity index (χ0n) is 9.35. The number of hydrogen-bond donors (Lipinski definition) is 1. The van der Waals surface area contributed by atoms with Gasteiger partial charge in [-0.15, -0.1) is 0 Å². The maximum Gasteiger partial charge on any atom is 0.306 e. The molecule has 0 radical (unpaired) electrons. The summed E-state index contributed by atoms with van der Waals surface area (Å²) in [5.41, 5.74) is 1.22. The van der Waals surface area contributed by atoms with Crippen molar-refractivity contribution in [1.82, 2.24) is 4.98 Å². The van der Waals surface area contributed by atoms with Crippen LogP contribution in [0.5, 0.6) is 0 Å². The maximum absolute atomic E-state index is 13.0. The topological polar surface area (TPSA) is 50.2 Å². The van der Waals surface area contributed by atoms with Crippen LogP contribution in [-0.4, -0.2) is 16.1 Å². The summed E-state index contributed by atoms with van der Waals surface area (Å²) in [4.78, 5) is 15.0. The Labute approximate surface area is 97.9 Å². The molecule has 88 valence electrons. The smallest absolute Gasteiger partial charge is 0.306 e. The molecule has 0 saturated heterocycles. The molecule has 3 nitrogen and oxygen atoms in total. The third-order valence-electron chi connectivity index (χ3n) is 2.65. The van der Waals surface area contributed by atoms with Crippen LogP contribution in [0.4, 0.5) is 4.39 Å². The lowest BCUT2D eigenvalue weighted by atomic mass is 10.0. The zero-order valence-corrected chi connectivity index (χ0v) is 9.35. The van der Waals surface area contributed by atoms with Gasteiger partial charge in [0.05, 0.1) is 11.4 Å². The van der Waals surface area contributed by atoms with Crippen molar-refractivity contribution >= 4 is 16.9 Å². The van der Waals surface area contributed by atoms with Crippen LogP contribution in [0.25, 0.3) is 10.9 Å². The molecule has 0 saturated carbocycles. The number of pyridine rings is 1. The number of carboxylic acids is 1. The molecule has 0 fully saturated rings. The van der Waals surface area contributed by atoms with E-state index in [4.69, 9.17) is 5.11 Å². The number of hydrogen-bond acceptors (Lipinski definition) is 2. The molecular formula is C13H12FNO2.